The van der Waals surface area contributed by atoms with Crippen LogP contribution in [0.3, 0.4) is 0 Å². The number of hydrogen-bond donors (Lipinski definition) is 1. The number of ether oxygens (including phenoxy) is 3. The molecule has 2 rings (SSSR count). The van der Waals surface area contributed by atoms with Crippen LogP contribution in [-0.4, -0.2) is 53.2 Å². The minimum atomic E-state index is 0.510. The molecule has 0 aromatic rings. The summed E-state index contributed by atoms with van der Waals surface area (Å²) in [5, 5.41) is 3.60. The van der Waals surface area contributed by atoms with Crippen molar-refractivity contribution in [1.29, 1.82) is 0 Å². The first-order valence-corrected chi connectivity index (χ1v) is 8.66. The Kier molecular flexibility index (Phi) is 7.44. The van der Waals surface area contributed by atoms with Crippen molar-refractivity contribution in [2.45, 2.75) is 39.0 Å². The Morgan fingerprint density at radius 3 is 2.43 bits per heavy atom. The molecule has 1 N–H and O–H groups in total. The predicted molar refractivity (Wildman–Crippen MR) is 84.6 cm³/mol. The number of rotatable bonds is 12. The fourth-order valence-corrected chi connectivity index (χ4v) is 4.28. The van der Waals surface area contributed by atoms with Crippen LogP contribution >= 0.6 is 0 Å². The molecule has 0 spiro atoms. The van der Waals surface area contributed by atoms with Crippen LogP contribution in [0.5, 0.6) is 0 Å². The summed E-state index contributed by atoms with van der Waals surface area (Å²) in [7, 11) is 1.69. The van der Waals surface area contributed by atoms with Gasteiger partial charge in [0.1, 0.15) is 0 Å². The first-order chi connectivity index (χ1) is 10.3. The molecule has 0 aromatic heterocycles. The van der Waals surface area contributed by atoms with E-state index < -0.39 is 0 Å². The van der Waals surface area contributed by atoms with E-state index in [0.29, 0.717) is 31.8 Å². The topological polar surface area (TPSA) is 39.7 Å². The van der Waals surface area contributed by atoms with Crippen molar-refractivity contribution >= 4 is 0 Å². The van der Waals surface area contributed by atoms with Gasteiger partial charge in [-0.2, -0.15) is 0 Å². The highest BCUT2D eigenvalue weighted by Gasteiger charge is 2.49. The zero-order valence-corrected chi connectivity index (χ0v) is 13.9. The fraction of sp³-hybridized carbons (Fsp3) is 1.00. The number of methoxy groups -OCH3 is 1. The summed E-state index contributed by atoms with van der Waals surface area (Å²) in [5.41, 5.74) is 0.510. The second-order valence-corrected chi connectivity index (χ2v) is 6.69. The van der Waals surface area contributed by atoms with Crippen LogP contribution in [-0.2, 0) is 14.2 Å². The van der Waals surface area contributed by atoms with Gasteiger partial charge in [0.15, 0.2) is 0 Å². The molecule has 3 unspecified atom stereocenters. The van der Waals surface area contributed by atoms with Gasteiger partial charge in [0.05, 0.1) is 26.4 Å². The van der Waals surface area contributed by atoms with Crippen molar-refractivity contribution in [3.8, 4) is 0 Å². The molecular formula is C17H33NO3. The van der Waals surface area contributed by atoms with E-state index in [9.17, 15) is 0 Å². The Bertz CT molecular complexity index is 287. The molecule has 0 aromatic carbocycles. The summed E-state index contributed by atoms with van der Waals surface area (Å²) in [6, 6.07) is 0. The molecule has 4 heteroatoms. The van der Waals surface area contributed by atoms with Gasteiger partial charge in [-0.3, -0.25) is 0 Å². The van der Waals surface area contributed by atoms with Crippen molar-refractivity contribution in [3.63, 3.8) is 0 Å². The Morgan fingerprint density at radius 1 is 1.05 bits per heavy atom. The highest BCUT2D eigenvalue weighted by Crippen LogP contribution is 2.57. The molecule has 2 aliphatic carbocycles. The van der Waals surface area contributed by atoms with Gasteiger partial charge >= 0.3 is 0 Å². The monoisotopic (exact) mass is 299 g/mol. The van der Waals surface area contributed by atoms with Gasteiger partial charge in [-0.05, 0) is 49.5 Å². The van der Waals surface area contributed by atoms with Crippen molar-refractivity contribution in [3.05, 3.63) is 0 Å². The third kappa shape index (κ3) is 4.92. The molecule has 2 aliphatic rings. The number of hydrogen-bond acceptors (Lipinski definition) is 4. The summed E-state index contributed by atoms with van der Waals surface area (Å²) in [6.07, 6.45) is 6.99. The molecular weight excluding hydrogens is 266 g/mol. The van der Waals surface area contributed by atoms with Crippen molar-refractivity contribution in [2.75, 3.05) is 53.2 Å². The van der Waals surface area contributed by atoms with E-state index >= 15 is 0 Å². The average molecular weight is 299 g/mol. The van der Waals surface area contributed by atoms with Crippen LogP contribution in [0.15, 0.2) is 0 Å². The SMILES string of the molecule is CCNCC1(CCOCCOCCOC)CC2CCC1C2. The van der Waals surface area contributed by atoms with Crippen LogP contribution in [0.2, 0.25) is 0 Å². The van der Waals surface area contributed by atoms with Crippen LogP contribution in [0.4, 0.5) is 0 Å². The lowest BCUT2D eigenvalue weighted by molar-refractivity contribution is 0.0101. The smallest absolute Gasteiger partial charge is 0.0701 e. The molecule has 0 saturated heterocycles. The van der Waals surface area contributed by atoms with Crippen molar-refractivity contribution in [2.24, 2.45) is 17.3 Å². The summed E-state index contributed by atoms with van der Waals surface area (Å²) in [4.78, 5) is 0. The molecule has 0 heterocycles. The maximum absolute atomic E-state index is 5.79. The summed E-state index contributed by atoms with van der Waals surface area (Å²) in [6.45, 7) is 8.04. The standard InChI is InChI=1S/C17H33NO3/c1-3-18-14-17(13-15-4-5-16(17)12-15)6-7-20-10-11-21-9-8-19-2/h15-16,18H,3-14H2,1-2H3. The first kappa shape index (κ1) is 17.2. The van der Waals surface area contributed by atoms with Gasteiger partial charge in [-0.25, -0.2) is 0 Å². The second-order valence-electron chi connectivity index (χ2n) is 6.69. The maximum Gasteiger partial charge on any atom is 0.0701 e. The molecule has 124 valence electrons. The van der Waals surface area contributed by atoms with Gasteiger partial charge < -0.3 is 19.5 Å². The minimum Gasteiger partial charge on any atom is -0.382 e. The summed E-state index contributed by atoms with van der Waals surface area (Å²) >= 11 is 0. The maximum atomic E-state index is 5.79. The van der Waals surface area contributed by atoms with E-state index in [4.69, 9.17) is 14.2 Å². The largest absolute Gasteiger partial charge is 0.382 e. The summed E-state index contributed by atoms with van der Waals surface area (Å²) < 4.78 is 16.2. The highest BCUT2D eigenvalue weighted by atomic mass is 16.5. The predicted octanol–water partition coefficient (Wildman–Crippen LogP) is 2.47. The minimum absolute atomic E-state index is 0.510. The molecule has 21 heavy (non-hydrogen) atoms. The zero-order chi connectivity index (χ0) is 15.0. The van der Waals surface area contributed by atoms with Crippen LogP contribution in [0.1, 0.15) is 39.0 Å². The lowest BCUT2D eigenvalue weighted by atomic mass is 9.71. The van der Waals surface area contributed by atoms with E-state index in [1.807, 2.05) is 0 Å². The molecule has 2 fully saturated rings. The van der Waals surface area contributed by atoms with E-state index in [1.165, 1.54) is 38.6 Å². The van der Waals surface area contributed by atoms with E-state index in [-0.39, 0.29) is 0 Å². The van der Waals surface area contributed by atoms with Gasteiger partial charge in [-0.1, -0.05) is 13.3 Å². The third-order valence-electron chi connectivity index (χ3n) is 5.38. The highest BCUT2D eigenvalue weighted by molar-refractivity contribution is 5.01. The van der Waals surface area contributed by atoms with E-state index in [1.54, 1.807) is 7.11 Å². The number of nitrogens with one attached hydrogen (secondary N) is 1. The number of fused-ring (bicyclic) bond motifs is 2. The summed E-state index contributed by atoms with van der Waals surface area (Å²) in [5.74, 6) is 1.93. The van der Waals surface area contributed by atoms with Gasteiger partial charge in [-0.15, -0.1) is 0 Å². The molecule has 0 radical (unpaired) electrons. The first-order valence-electron chi connectivity index (χ1n) is 8.66. The Morgan fingerprint density at radius 2 is 1.81 bits per heavy atom. The third-order valence-corrected chi connectivity index (χ3v) is 5.38. The quantitative estimate of drug-likeness (QED) is 0.562. The molecule has 2 bridgehead atoms. The zero-order valence-electron chi connectivity index (χ0n) is 13.9. The molecule has 3 atom stereocenters. The molecule has 0 amide bonds. The average Bonchev–Trinajstić information content (AvgIpc) is 3.09. The Balaban J connectivity index is 1.62. The van der Waals surface area contributed by atoms with Crippen LogP contribution < -0.4 is 5.32 Å². The fourth-order valence-electron chi connectivity index (χ4n) is 4.28. The van der Waals surface area contributed by atoms with E-state index in [2.05, 4.69) is 12.2 Å². The van der Waals surface area contributed by atoms with Crippen molar-refractivity contribution in [1.82, 2.24) is 5.32 Å². The van der Waals surface area contributed by atoms with E-state index in [0.717, 1.165) is 25.0 Å². The van der Waals surface area contributed by atoms with Gasteiger partial charge in [0, 0.05) is 20.3 Å². The Labute approximate surface area is 129 Å². The lowest BCUT2D eigenvalue weighted by Crippen LogP contribution is -2.39. The van der Waals surface area contributed by atoms with Crippen LogP contribution in [0, 0.1) is 17.3 Å². The Hall–Kier alpha value is -0.160. The normalized spacial score (nSPS) is 31.1. The molecule has 4 nitrogen and oxygen atoms in total. The lowest BCUT2D eigenvalue weighted by Gasteiger charge is -2.38. The second kappa shape index (κ2) is 9.09. The van der Waals surface area contributed by atoms with Gasteiger partial charge in [0.2, 0.25) is 0 Å². The van der Waals surface area contributed by atoms with Gasteiger partial charge in [0.25, 0.3) is 0 Å². The van der Waals surface area contributed by atoms with Crippen LogP contribution in [0.25, 0.3) is 0 Å². The van der Waals surface area contributed by atoms with Crippen molar-refractivity contribution < 1.29 is 14.2 Å². The molecule has 0 aliphatic heterocycles. The molecule has 2 saturated carbocycles.